The van der Waals surface area contributed by atoms with Gasteiger partial charge in [-0.15, -0.1) is 0 Å². The van der Waals surface area contributed by atoms with Crippen molar-refractivity contribution < 1.29 is 4.74 Å². The van der Waals surface area contributed by atoms with Crippen molar-refractivity contribution in [1.29, 1.82) is 0 Å². The first-order valence-corrected chi connectivity index (χ1v) is 6.45. The Morgan fingerprint density at radius 1 is 0.882 bits per heavy atom. The molecule has 1 aromatic carbocycles. The van der Waals surface area contributed by atoms with Crippen LogP contribution in [0.1, 0.15) is 47.1 Å². The number of hydrogen-bond acceptors (Lipinski definition) is 1. The number of benzene rings is 1. The Labute approximate surface area is 114 Å². The number of ether oxygens (including phenoxy) is 1. The molecule has 0 amide bonds. The topological polar surface area (TPSA) is 9.23 Å². The third kappa shape index (κ3) is 4.08. The van der Waals surface area contributed by atoms with Crippen molar-refractivity contribution in [3.8, 4) is 5.75 Å². The summed E-state index contributed by atoms with van der Waals surface area (Å²) in [5.41, 5.74) is 0.818. The zero-order valence-corrected chi connectivity index (χ0v) is 12.8. The van der Waals surface area contributed by atoms with Crippen LogP contribution < -0.4 is 4.74 Å². The second kappa shape index (κ2) is 4.70. The normalized spacial score (nSPS) is 12.7. The van der Waals surface area contributed by atoms with Crippen LogP contribution in [0.25, 0.3) is 0 Å². The molecule has 0 spiro atoms. The SMILES string of the molecule is CC(C)(C)Oc1c(Cl)cc(C(C)(C)C)cc1Cl. The lowest BCUT2D eigenvalue weighted by Crippen LogP contribution is -2.23. The molecule has 0 aliphatic heterocycles. The highest BCUT2D eigenvalue weighted by atomic mass is 35.5. The van der Waals surface area contributed by atoms with Gasteiger partial charge < -0.3 is 4.74 Å². The number of halogens is 2. The van der Waals surface area contributed by atoms with E-state index in [0.717, 1.165) is 5.56 Å². The van der Waals surface area contributed by atoms with Crippen LogP contribution in [0, 0.1) is 0 Å². The fraction of sp³-hybridized carbons (Fsp3) is 0.571. The van der Waals surface area contributed by atoms with Crippen LogP contribution in [0.3, 0.4) is 0 Å². The van der Waals surface area contributed by atoms with Gasteiger partial charge in [0.1, 0.15) is 5.60 Å². The first kappa shape index (κ1) is 14.7. The molecule has 0 saturated heterocycles. The van der Waals surface area contributed by atoms with Crippen molar-refractivity contribution in [3.63, 3.8) is 0 Å². The van der Waals surface area contributed by atoms with Crippen LogP contribution in [0.2, 0.25) is 10.0 Å². The van der Waals surface area contributed by atoms with Crippen molar-refractivity contribution in [3.05, 3.63) is 27.7 Å². The molecule has 0 aliphatic rings. The van der Waals surface area contributed by atoms with Gasteiger partial charge in [0.2, 0.25) is 0 Å². The van der Waals surface area contributed by atoms with E-state index < -0.39 is 0 Å². The van der Waals surface area contributed by atoms with Crippen molar-refractivity contribution >= 4 is 23.2 Å². The number of rotatable bonds is 1. The quantitative estimate of drug-likeness (QED) is 0.660. The zero-order chi connectivity index (χ0) is 13.4. The molecule has 0 atom stereocenters. The van der Waals surface area contributed by atoms with Gasteiger partial charge in [-0.25, -0.2) is 0 Å². The third-order valence-corrected chi connectivity index (χ3v) is 2.83. The van der Waals surface area contributed by atoms with E-state index in [9.17, 15) is 0 Å². The second-order valence-electron chi connectivity index (χ2n) is 6.23. The van der Waals surface area contributed by atoms with Crippen LogP contribution in [0.5, 0.6) is 5.75 Å². The summed E-state index contributed by atoms with van der Waals surface area (Å²) < 4.78 is 5.77. The van der Waals surface area contributed by atoms with Crippen molar-refractivity contribution in [2.75, 3.05) is 0 Å². The van der Waals surface area contributed by atoms with Gasteiger partial charge in [0, 0.05) is 0 Å². The average Bonchev–Trinajstić information content (AvgIpc) is 2.07. The first-order valence-electron chi connectivity index (χ1n) is 5.69. The lowest BCUT2D eigenvalue weighted by Gasteiger charge is -2.25. The maximum atomic E-state index is 6.24. The molecule has 0 aromatic heterocycles. The summed E-state index contributed by atoms with van der Waals surface area (Å²) in [6.45, 7) is 12.3. The summed E-state index contributed by atoms with van der Waals surface area (Å²) in [6.07, 6.45) is 0. The Morgan fingerprint density at radius 2 is 1.29 bits per heavy atom. The minimum atomic E-state index is -0.309. The van der Waals surface area contributed by atoms with Crippen LogP contribution in [-0.2, 0) is 5.41 Å². The standard InChI is InChI=1S/C14H20Cl2O/c1-13(2,3)9-7-10(15)12(11(16)8-9)17-14(4,5)6/h7-8H,1-6H3. The molecule has 0 saturated carbocycles. The molecule has 0 heterocycles. The summed E-state index contributed by atoms with van der Waals surface area (Å²) in [4.78, 5) is 0. The summed E-state index contributed by atoms with van der Waals surface area (Å²) in [6, 6.07) is 3.85. The molecule has 0 aliphatic carbocycles. The molecular weight excluding hydrogens is 255 g/mol. The Bertz CT molecular complexity index is 388. The monoisotopic (exact) mass is 274 g/mol. The molecule has 0 fully saturated rings. The van der Waals surface area contributed by atoms with E-state index in [1.165, 1.54) is 0 Å². The van der Waals surface area contributed by atoms with Gasteiger partial charge in [0.05, 0.1) is 10.0 Å². The second-order valence-corrected chi connectivity index (χ2v) is 7.05. The highest BCUT2D eigenvalue weighted by Gasteiger charge is 2.21. The van der Waals surface area contributed by atoms with Crippen LogP contribution in [-0.4, -0.2) is 5.60 Å². The molecule has 0 N–H and O–H groups in total. The van der Waals surface area contributed by atoms with Crippen molar-refractivity contribution in [2.45, 2.75) is 52.6 Å². The fourth-order valence-electron chi connectivity index (χ4n) is 1.40. The molecule has 1 aromatic rings. The maximum Gasteiger partial charge on any atom is 0.157 e. The van der Waals surface area contributed by atoms with E-state index in [4.69, 9.17) is 27.9 Å². The van der Waals surface area contributed by atoms with Gasteiger partial charge in [-0.05, 0) is 43.9 Å². The summed E-state index contributed by atoms with van der Waals surface area (Å²) in [7, 11) is 0. The van der Waals surface area contributed by atoms with E-state index in [1.54, 1.807) is 0 Å². The minimum absolute atomic E-state index is 0.0214. The molecular formula is C14H20Cl2O. The molecule has 0 bridgehead atoms. The smallest absolute Gasteiger partial charge is 0.157 e. The third-order valence-electron chi connectivity index (χ3n) is 2.27. The van der Waals surface area contributed by atoms with E-state index in [-0.39, 0.29) is 11.0 Å². The Kier molecular flexibility index (Phi) is 4.05. The van der Waals surface area contributed by atoms with Crippen molar-refractivity contribution in [1.82, 2.24) is 0 Å². The van der Waals surface area contributed by atoms with Gasteiger partial charge in [0.25, 0.3) is 0 Å². The van der Waals surface area contributed by atoms with Crippen LogP contribution in [0.15, 0.2) is 12.1 Å². The highest BCUT2D eigenvalue weighted by molar-refractivity contribution is 6.37. The van der Waals surface area contributed by atoms with E-state index in [1.807, 2.05) is 32.9 Å². The lowest BCUT2D eigenvalue weighted by molar-refractivity contribution is 0.131. The van der Waals surface area contributed by atoms with Crippen LogP contribution >= 0.6 is 23.2 Å². The lowest BCUT2D eigenvalue weighted by atomic mass is 9.87. The van der Waals surface area contributed by atoms with E-state index in [2.05, 4.69) is 20.8 Å². The summed E-state index contributed by atoms with van der Waals surface area (Å²) >= 11 is 12.5. The molecule has 96 valence electrons. The largest absolute Gasteiger partial charge is 0.485 e. The van der Waals surface area contributed by atoms with Gasteiger partial charge in [0.15, 0.2) is 5.75 Å². The Hall–Kier alpha value is -0.400. The van der Waals surface area contributed by atoms with Gasteiger partial charge in [-0.1, -0.05) is 44.0 Å². The summed E-state index contributed by atoms with van der Waals surface area (Å²) in [5, 5.41) is 1.13. The molecule has 0 radical (unpaired) electrons. The molecule has 17 heavy (non-hydrogen) atoms. The predicted octanol–water partition coefficient (Wildman–Crippen LogP) is 5.47. The predicted molar refractivity (Wildman–Crippen MR) is 75.5 cm³/mol. The highest BCUT2D eigenvalue weighted by Crippen LogP contribution is 2.39. The summed E-state index contributed by atoms with van der Waals surface area (Å²) in [5.74, 6) is 0.564. The number of hydrogen-bond donors (Lipinski definition) is 0. The Morgan fingerprint density at radius 3 is 1.59 bits per heavy atom. The van der Waals surface area contributed by atoms with E-state index in [0.29, 0.717) is 15.8 Å². The average molecular weight is 275 g/mol. The van der Waals surface area contributed by atoms with E-state index >= 15 is 0 Å². The molecule has 1 rings (SSSR count). The molecule has 0 unspecified atom stereocenters. The Balaban J connectivity index is 3.20. The zero-order valence-electron chi connectivity index (χ0n) is 11.3. The fourth-order valence-corrected chi connectivity index (χ4v) is 1.96. The maximum absolute atomic E-state index is 6.24. The molecule has 1 nitrogen and oxygen atoms in total. The minimum Gasteiger partial charge on any atom is -0.485 e. The van der Waals surface area contributed by atoms with Crippen molar-refractivity contribution in [2.24, 2.45) is 0 Å². The first-order chi connectivity index (χ1) is 7.50. The van der Waals surface area contributed by atoms with Gasteiger partial charge >= 0.3 is 0 Å². The van der Waals surface area contributed by atoms with Gasteiger partial charge in [-0.3, -0.25) is 0 Å². The molecule has 3 heteroatoms. The van der Waals surface area contributed by atoms with Gasteiger partial charge in [-0.2, -0.15) is 0 Å². The van der Waals surface area contributed by atoms with Crippen LogP contribution in [0.4, 0.5) is 0 Å².